The standard InChI is InChI=1S/C40H38F2N6O2/c1-3-50-32(49)23-31(39(2)21-13-14-22-39)45-36-30(42)25-44-38(46-36)35-33-34(29(41)24-43-37(33)48-47-35)40(26-15-7-4-8-16-26,27-17-9-5-10-18-27)28-19-11-6-12-20-28/h4-12,15-20,24-25,31H,3,13-14,21-23H2,1-2H3,(H,43,47,48)(H,44,45,46). The predicted molar refractivity (Wildman–Crippen MR) is 188 cm³/mol. The van der Waals surface area contributed by atoms with Gasteiger partial charge in [0.1, 0.15) is 11.5 Å². The largest absolute Gasteiger partial charge is 0.466 e. The molecule has 0 radical (unpaired) electrons. The van der Waals surface area contributed by atoms with Gasteiger partial charge in [0.05, 0.1) is 36.2 Å². The first kappa shape index (κ1) is 33.0. The number of rotatable bonds is 11. The van der Waals surface area contributed by atoms with Crippen molar-refractivity contribution in [2.45, 2.75) is 57.4 Å². The molecule has 3 heterocycles. The summed E-state index contributed by atoms with van der Waals surface area (Å²) in [6.45, 7) is 4.12. The first-order valence-electron chi connectivity index (χ1n) is 17.0. The van der Waals surface area contributed by atoms with Gasteiger partial charge in [-0.2, -0.15) is 5.10 Å². The van der Waals surface area contributed by atoms with Crippen LogP contribution in [0.5, 0.6) is 0 Å². The zero-order valence-electron chi connectivity index (χ0n) is 28.0. The highest BCUT2D eigenvalue weighted by Gasteiger charge is 2.43. The second-order valence-corrected chi connectivity index (χ2v) is 13.1. The van der Waals surface area contributed by atoms with Crippen molar-refractivity contribution in [2.24, 2.45) is 5.41 Å². The fourth-order valence-electron chi connectivity index (χ4n) is 7.63. The minimum atomic E-state index is -1.17. The molecule has 1 unspecified atom stereocenters. The Hall–Kier alpha value is -5.51. The number of nitrogens with one attached hydrogen (secondary N) is 2. The number of halogens is 2. The van der Waals surface area contributed by atoms with Crippen LogP contribution in [-0.2, 0) is 14.9 Å². The lowest BCUT2D eigenvalue weighted by Gasteiger charge is -2.37. The molecule has 7 rings (SSSR count). The Balaban J connectivity index is 1.44. The van der Waals surface area contributed by atoms with Gasteiger partial charge in [0.25, 0.3) is 0 Å². The zero-order chi connectivity index (χ0) is 34.7. The van der Waals surface area contributed by atoms with E-state index in [2.05, 4.69) is 37.4 Å². The Morgan fingerprint density at radius 1 is 0.880 bits per heavy atom. The monoisotopic (exact) mass is 672 g/mol. The molecular formula is C40H38F2N6O2. The molecule has 254 valence electrons. The summed E-state index contributed by atoms with van der Waals surface area (Å²) < 4.78 is 37.8. The van der Waals surface area contributed by atoms with E-state index in [1.54, 1.807) is 6.92 Å². The number of fused-ring (bicyclic) bond motifs is 1. The molecule has 3 aromatic heterocycles. The first-order chi connectivity index (χ1) is 24.3. The minimum Gasteiger partial charge on any atom is -0.466 e. The van der Waals surface area contributed by atoms with Crippen molar-refractivity contribution in [3.63, 3.8) is 0 Å². The van der Waals surface area contributed by atoms with E-state index in [-0.39, 0.29) is 47.4 Å². The number of hydrogen-bond acceptors (Lipinski definition) is 7. The molecule has 1 aliphatic rings. The van der Waals surface area contributed by atoms with Crippen LogP contribution >= 0.6 is 0 Å². The molecule has 1 aliphatic carbocycles. The molecule has 6 aromatic rings. The molecule has 0 spiro atoms. The van der Waals surface area contributed by atoms with Crippen molar-refractivity contribution in [3.8, 4) is 11.5 Å². The van der Waals surface area contributed by atoms with Gasteiger partial charge in [-0.25, -0.2) is 23.7 Å². The summed E-state index contributed by atoms with van der Waals surface area (Å²) in [7, 11) is 0. The van der Waals surface area contributed by atoms with Crippen molar-refractivity contribution < 1.29 is 18.3 Å². The highest BCUT2D eigenvalue weighted by atomic mass is 19.1. The highest BCUT2D eigenvalue weighted by Crippen LogP contribution is 2.49. The lowest BCUT2D eigenvalue weighted by atomic mass is 9.64. The maximum absolute atomic E-state index is 16.9. The van der Waals surface area contributed by atoms with Crippen molar-refractivity contribution in [3.05, 3.63) is 137 Å². The molecule has 1 fully saturated rings. The van der Waals surface area contributed by atoms with Crippen LogP contribution < -0.4 is 5.32 Å². The number of benzene rings is 3. The molecule has 3 aromatic carbocycles. The van der Waals surface area contributed by atoms with Gasteiger partial charge in [-0.1, -0.05) is 111 Å². The number of H-pyrrole nitrogens is 1. The smallest absolute Gasteiger partial charge is 0.307 e. The maximum atomic E-state index is 16.9. The van der Waals surface area contributed by atoms with Crippen molar-refractivity contribution in [1.82, 2.24) is 25.1 Å². The van der Waals surface area contributed by atoms with Gasteiger partial charge < -0.3 is 10.1 Å². The van der Waals surface area contributed by atoms with Gasteiger partial charge in [0, 0.05) is 11.6 Å². The summed E-state index contributed by atoms with van der Waals surface area (Å²) in [5.41, 5.74) is 1.87. The first-order valence-corrected chi connectivity index (χ1v) is 17.0. The number of aromatic amines is 1. The van der Waals surface area contributed by atoms with Crippen molar-refractivity contribution >= 4 is 22.8 Å². The van der Waals surface area contributed by atoms with Crippen LogP contribution in [0.25, 0.3) is 22.6 Å². The summed E-state index contributed by atoms with van der Waals surface area (Å²) in [4.78, 5) is 26.1. The number of nitrogens with zero attached hydrogens (tertiary/aromatic N) is 4. The molecule has 1 atom stereocenters. The average Bonchev–Trinajstić information content (AvgIpc) is 3.79. The second-order valence-electron chi connectivity index (χ2n) is 13.1. The number of ether oxygens (including phenoxy) is 1. The third kappa shape index (κ3) is 5.88. The topological polar surface area (TPSA) is 106 Å². The van der Waals surface area contributed by atoms with E-state index in [9.17, 15) is 4.79 Å². The van der Waals surface area contributed by atoms with E-state index in [0.717, 1.165) is 48.6 Å². The van der Waals surface area contributed by atoms with E-state index in [0.29, 0.717) is 10.9 Å². The highest BCUT2D eigenvalue weighted by molar-refractivity contribution is 5.94. The molecule has 0 saturated heterocycles. The molecule has 10 heteroatoms. The van der Waals surface area contributed by atoms with Crippen LogP contribution in [-0.4, -0.2) is 43.8 Å². The summed E-state index contributed by atoms with van der Waals surface area (Å²) in [6.07, 6.45) is 6.12. The van der Waals surface area contributed by atoms with Crippen LogP contribution in [0.15, 0.2) is 103 Å². The number of esters is 1. The summed E-state index contributed by atoms with van der Waals surface area (Å²) >= 11 is 0. The normalized spacial score (nSPS) is 14.8. The minimum absolute atomic E-state index is 0.0587. The summed E-state index contributed by atoms with van der Waals surface area (Å²) in [5.74, 6) is -1.56. The van der Waals surface area contributed by atoms with E-state index < -0.39 is 23.1 Å². The number of pyridine rings is 1. The number of hydrogen-bond donors (Lipinski definition) is 2. The van der Waals surface area contributed by atoms with E-state index in [1.807, 2.05) is 91.0 Å². The Kier molecular flexibility index (Phi) is 9.10. The Labute approximate surface area is 289 Å². The lowest BCUT2D eigenvalue weighted by molar-refractivity contribution is -0.144. The summed E-state index contributed by atoms with van der Waals surface area (Å²) in [5, 5.41) is 11.1. The van der Waals surface area contributed by atoms with Crippen LogP contribution in [0, 0.1) is 17.0 Å². The Bertz CT molecular complexity index is 2000. The molecule has 50 heavy (non-hydrogen) atoms. The SMILES string of the molecule is CCOC(=O)CC(Nc1nc(-c2[nH]nc3ncc(F)c(C(c4ccccc4)(c4ccccc4)c4ccccc4)c23)ncc1F)C1(C)CCCC1. The van der Waals surface area contributed by atoms with Crippen LogP contribution in [0.2, 0.25) is 0 Å². The van der Waals surface area contributed by atoms with Gasteiger partial charge in [-0.3, -0.25) is 9.89 Å². The third-order valence-corrected chi connectivity index (χ3v) is 10.1. The van der Waals surface area contributed by atoms with Gasteiger partial charge in [0.15, 0.2) is 23.1 Å². The molecule has 2 N–H and O–H groups in total. The van der Waals surface area contributed by atoms with Gasteiger partial charge >= 0.3 is 5.97 Å². The molecule has 0 aliphatic heterocycles. The van der Waals surface area contributed by atoms with Gasteiger partial charge in [-0.15, -0.1) is 0 Å². The molecule has 0 bridgehead atoms. The van der Waals surface area contributed by atoms with Crippen molar-refractivity contribution in [2.75, 3.05) is 11.9 Å². The second kappa shape index (κ2) is 13.8. The average molecular weight is 673 g/mol. The molecule has 0 amide bonds. The van der Waals surface area contributed by atoms with Crippen molar-refractivity contribution in [1.29, 1.82) is 0 Å². The number of carbonyl (C=O) groups excluding carboxylic acids is 1. The molecule has 8 nitrogen and oxygen atoms in total. The van der Waals surface area contributed by atoms with Gasteiger partial charge in [-0.05, 0) is 41.9 Å². The van der Waals surface area contributed by atoms with Crippen LogP contribution in [0.4, 0.5) is 14.6 Å². The molecule has 1 saturated carbocycles. The van der Waals surface area contributed by atoms with E-state index >= 15 is 8.78 Å². The Morgan fingerprint density at radius 2 is 1.44 bits per heavy atom. The van der Waals surface area contributed by atoms with E-state index in [4.69, 9.17) is 4.74 Å². The predicted octanol–water partition coefficient (Wildman–Crippen LogP) is 8.39. The lowest BCUT2D eigenvalue weighted by Crippen LogP contribution is -2.39. The summed E-state index contributed by atoms with van der Waals surface area (Å²) in [6, 6.07) is 28.8. The van der Waals surface area contributed by atoms with E-state index in [1.165, 1.54) is 6.20 Å². The van der Waals surface area contributed by atoms with Crippen LogP contribution in [0.1, 0.15) is 68.2 Å². The quantitative estimate of drug-likeness (QED) is 0.105. The van der Waals surface area contributed by atoms with Gasteiger partial charge in [0.2, 0.25) is 0 Å². The zero-order valence-corrected chi connectivity index (χ0v) is 28.0. The number of aromatic nitrogens is 5. The third-order valence-electron chi connectivity index (χ3n) is 10.1. The number of anilines is 1. The number of carbonyl (C=O) groups is 1. The Morgan fingerprint density at radius 3 is 2.00 bits per heavy atom. The fraction of sp³-hybridized carbons (Fsp3) is 0.275. The fourth-order valence-corrected chi connectivity index (χ4v) is 7.63. The maximum Gasteiger partial charge on any atom is 0.307 e. The van der Waals surface area contributed by atoms with Crippen LogP contribution in [0.3, 0.4) is 0 Å². The molecular weight excluding hydrogens is 634 g/mol.